The van der Waals surface area contributed by atoms with E-state index in [4.69, 9.17) is 0 Å². The number of nitrogens with one attached hydrogen (secondary N) is 1. The van der Waals surface area contributed by atoms with Crippen LogP contribution in [-0.2, 0) is 9.84 Å². The lowest BCUT2D eigenvalue weighted by Gasteiger charge is -2.12. The summed E-state index contributed by atoms with van der Waals surface area (Å²) in [5.41, 5.74) is 1.53. The first kappa shape index (κ1) is 14.5. The molecule has 1 amide bonds. The summed E-state index contributed by atoms with van der Waals surface area (Å²) in [6, 6.07) is 5.50. The van der Waals surface area contributed by atoms with E-state index in [0.29, 0.717) is 22.9 Å². The van der Waals surface area contributed by atoms with Crippen LogP contribution in [-0.4, -0.2) is 31.9 Å². The second-order valence-electron chi connectivity index (χ2n) is 4.82. The van der Waals surface area contributed by atoms with Gasteiger partial charge >= 0.3 is 0 Å². The molecule has 1 aromatic rings. The zero-order valence-corrected chi connectivity index (χ0v) is 13.1. The molecule has 1 aromatic carbocycles. The number of carbonyl (C=O) groups is 1. The molecule has 2 rings (SSSR count). The number of rotatable bonds is 3. The second-order valence-corrected chi connectivity index (χ2v) is 8.08. The number of hydrogen-bond acceptors (Lipinski definition) is 3. The molecule has 1 heterocycles. The normalized spacial score (nSPS) is 21.3. The van der Waals surface area contributed by atoms with Crippen molar-refractivity contribution >= 4 is 31.7 Å². The molecule has 1 atom stereocenters. The van der Waals surface area contributed by atoms with E-state index in [0.717, 1.165) is 5.56 Å². The highest BCUT2D eigenvalue weighted by atomic mass is 79.9. The smallest absolute Gasteiger partial charge is 0.252 e. The fourth-order valence-corrected chi connectivity index (χ4v) is 4.39. The first-order valence-electron chi connectivity index (χ1n) is 6.16. The van der Waals surface area contributed by atoms with Crippen LogP contribution in [0.4, 0.5) is 0 Å². The number of carbonyl (C=O) groups excluding carboxylic acids is 1. The van der Waals surface area contributed by atoms with Crippen LogP contribution in [0.3, 0.4) is 0 Å². The highest BCUT2D eigenvalue weighted by molar-refractivity contribution is 9.10. The average molecular weight is 346 g/mol. The average Bonchev–Trinajstić information content (AvgIpc) is 2.68. The predicted molar refractivity (Wildman–Crippen MR) is 78.0 cm³/mol. The van der Waals surface area contributed by atoms with Gasteiger partial charge in [0, 0.05) is 11.0 Å². The van der Waals surface area contributed by atoms with E-state index in [1.54, 1.807) is 6.07 Å². The molecule has 1 N–H and O–H groups in total. The maximum atomic E-state index is 12.0. The van der Waals surface area contributed by atoms with Gasteiger partial charge in [-0.3, -0.25) is 4.79 Å². The summed E-state index contributed by atoms with van der Waals surface area (Å²) in [6.45, 7) is 2.10. The molecule has 1 aliphatic rings. The number of amides is 1. The first-order valence-corrected chi connectivity index (χ1v) is 8.67. The van der Waals surface area contributed by atoms with Crippen LogP contribution in [0.1, 0.15) is 28.8 Å². The number of hydrogen-bond donors (Lipinski definition) is 1. The van der Waals surface area contributed by atoms with Crippen LogP contribution < -0.4 is 5.32 Å². The van der Waals surface area contributed by atoms with Crippen LogP contribution in [0.25, 0.3) is 0 Å². The summed E-state index contributed by atoms with van der Waals surface area (Å²) in [5, 5.41) is 2.29. The van der Waals surface area contributed by atoms with E-state index in [1.807, 2.05) is 19.1 Å². The lowest BCUT2D eigenvalue weighted by Crippen LogP contribution is -2.34. The Morgan fingerprint density at radius 3 is 2.84 bits per heavy atom. The summed E-state index contributed by atoms with van der Waals surface area (Å²) >= 11 is 3.33. The summed E-state index contributed by atoms with van der Waals surface area (Å²) in [5.74, 6) is -0.000489. The van der Waals surface area contributed by atoms with Crippen LogP contribution in [0.15, 0.2) is 22.7 Å². The molecule has 1 fully saturated rings. The Kier molecular flexibility index (Phi) is 4.30. The number of halogens is 1. The van der Waals surface area contributed by atoms with Crippen LogP contribution in [0.5, 0.6) is 0 Å². The van der Waals surface area contributed by atoms with Gasteiger partial charge in [0.1, 0.15) is 0 Å². The van der Waals surface area contributed by atoms with Crippen molar-refractivity contribution < 1.29 is 13.2 Å². The maximum Gasteiger partial charge on any atom is 0.252 e. The van der Waals surface area contributed by atoms with Crippen molar-refractivity contribution in [3.05, 3.63) is 33.8 Å². The van der Waals surface area contributed by atoms with Crippen LogP contribution in [0.2, 0.25) is 0 Å². The molecular formula is C13H16BrNO3S. The number of sulfone groups is 1. The molecule has 0 bridgehead atoms. The van der Waals surface area contributed by atoms with E-state index >= 15 is 0 Å². The van der Waals surface area contributed by atoms with Gasteiger partial charge in [-0.05, 0) is 47.8 Å². The molecule has 4 nitrogen and oxygen atoms in total. The monoisotopic (exact) mass is 345 g/mol. The first-order chi connectivity index (χ1) is 8.90. The van der Waals surface area contributed by atoms with Crippen molar-refractivity contribution in [1.29, 1.82) is 0 Å². The second kappa shape index (κ2) is 5.63. The molecule has 0 radical (unpaired) electrons. The molecule has 1 aliphatic heterocycles. The van der Waals surface area contributed by atoms with Crippen LogP contribution >= 0.6 is 15.9 Å². The highest BCUT2D eigenvalue weighted by Gasteiger charge is 2.31. The third kappa shape index (κ3) is 3.36. The fraction of sp³-hybridized carbons (Fsp3) is 0.462. The zero-order valence-electron chi connectivity index (χ0n) is 10.6. The van der Waals surface area contributed by atoms with Gasteiger partial charge in [-0.25, -0.2) is 8.42 Å². The minimum atomic E-state index is -3.01. The van der Waals surface area contributed by atoms with Gasteiger partial charge in [-0.1, -0.05) is 11.6 Å². The highest BCUT2D eigenvalue weighted by Crippen LogP contribution is 2.20. The van der Waals surface area contributed by atoms with Crippen molar-refractivity contribution in [3.63, 3.8) is 0 Å². The Balaban J connectivity index is 2.04. The van der Waals surface area contributed by atoms with E-state index in [9.17, 15) is 13.2 Å². The third-order valence-electron chi connectivity index (χ3n) is 3.32. The molecule has 104 valence electrons. The van der Waals surface area contributed by atoms with Crippen molar-refractivity contribution in [1.82, 2.24) is 5.32 Å². The van der Waals surface area contributed by atoms with Gasteiger partial charge in [0.2, 0.25) is 0 Å². The summed E-state index contributed by atoms with van der Waals surface area (Å²) in [7, 11) is -3.01. The van der Waals surface area contributed by atoms with Crippen molar-refractivity contribution in [3.8, 4) is 0 Å². The zero-order chi connectivity index (χ0) is 14.0. The topological polar surface area (TPSA) is 63.2 Å². The predicted octanol–water partition coefficient (Wildman–Crippen LogP) is 2.06. The van der Waals surface area contributed by atoms with Gasteiger partial charge in [-0.2, -0.15) is 0 Å². The fourth-order valence-electron chi connectivity index (χ4n) is 2.20. The lowest BCUT2D eigenvalue weighted by atomic mass is 10.1. The van der Waals surface area contributed by atoms with Gasteiger partial charge < -0.3 is 5.32 Å². The van der Waals surface area contributed by atoms with Crippen molar-refractivity contribution in [2.75, 3.05) is 12.3 Å². The summed E-state index contributed by atoms with van der Waals surface area (Å²) in [6.07, 6.45) is 1.33. The molecule has 0 aromatic heterocycles. The molecule has 1 saturated heterocycles. The van der Waals surface area contributed by atoms with Crippen LogP contribution in [0, 0.1) is 6.92 Å². The molecule has 0 aliphatic carbocycles. The van der Waals surface area contributed by atoms with Crippen molar-refractivity contribution in [2.45, 2.75) is 25.0 Å². The molecule has 19 heavy (non-hydrogen) atoms. The van der Waals surface area contributed by atoms with Gasteiger partial charge in [-0.15, -0.1) is 0 Å². The van der Waals surface area contributed by atoms with Gasteiger partial charge in [0.15, 0.2) is 9.84 Å². The molecular weight excluding hydrogens is 330 g/mol. The quantitative estimate of drug-likeness (QED) is 0.911. The SMILES string of the molecule is Cc1ccc(Br)c(C(=O)NCC2CCCS2(=O)=O)c1. The van der Waals surface area contributed by atoms with E-state index in [1.165, 1.54) is 0 Å². The molecule has 0 spiro atoms. The minimum Gasteiger partial charge on any atom is -0.351 e. The Morgan fingerprint density at radius 1 is 1.47 bits per heavy atom. The lowest BCUT2D eigenvalue weighted by molar-refractivity contribution is 0.0952. The summed E-state index contributed by atoms with van der Waals surface area (Å²) < 4.78 is 24.1. The Morgan fingerprint density at radius 2 is 2.21 bits per heavy atom. The molecule has 1 unspecified atom stereocenters. The summed E-state index contributed by atoms with van der Waals surface area (Å²) in [4.78, 5) is 12.0. The standard InChI is InChI=1S/C13H16BrNO3S/c1-9-4-5-12(14)11(7-9)13(16)15-8-10-3-2-6-19(10,17)18/h4-5,7,10H,2-3,6,8H2,1H3,(H,15,16). The minimum absolute atomic E-state index is 0.196. The maximum absolute atomic E-state index is 12.0. The van der Waals surface area contributed by atoms with E-state index < -0.39 is 15.1 Å². The Labute approximate surface area is 121 Å². The van der Waals surface area contributed by atoms with E-state index in [-0.39, 0.29) is 18.2 Å². The van der Waals surface area contributed by atoms with Crippen molar-refractivity contribution in [2.24, 2.45) is 0 Å². The van der Waals surface area contributed by atoms with E-state index in [2.05, 4.69) is 21.2 Å². The Bertz CT molecular complexity index is 598. The molecule has 0 saturated carbocycles. The largest absolute Gasteiger partial charge is 0.351 e. The van der Waals surface area contributed by atoms with Gasteiger partial charge in [0.05, 0.1) is 16.6 Å². The number of aryl methyl sites for hydroxylation is 1. The molecule has 6 heteroatoms. The number of benzene rings is 1. The third-order valence-corrected chi connectivity index (χ3v) is 6.29. The van der Waals surface area contributed by atoms with Gasteiger partial charge in [0.25, 0.3) is 5.91 Å². The Hall–Kier alpha value is -0.880.